The summed E-state index contributed by atoms with van der Waals surface area (Å²) in [7, 11) is -12.1. The van der Waals surface area contributed by atoms with Gasteiger partial charge in [0.1, 0.15) is 38.4 Å². The third-order valence-corrected chi connectivity index (χ3v) is 22.7. The van der Waals surface area contributed by atoms with Crippen LogP contribution in [0, 0.1) is 63.7 Å². The van der Waals surface area contributed by atoms with Crippen molar-refractivity contribution < 1.29 is 81.6 Å². The number of piperazine rings is 2. The second-order valence-electron chi connectivity index (χ2n) is 25.9. The zero-order valence-electron chi connectivity index (χ0n) is 61.4. The van der Waals surface area contributed by atoms with Gasteiger partial charge in [0, 0.05) is 94.8 Å². The number of benzene rings is 9. The van der Waals surface area contributed by atoms with Crippen molar-refractivity contribution in [1.29, 1.82) is 0 Å². The van der Waals surface area contributed by atoms with Crippen LogP contribution in [0.15, 0.2) is 227 Å². The first-order valence-electron chi connectivity index (χ1n) is 33.4. The van der Waals surface area contributed by atoms with Gasteiger partial charge in [-0.3, -0.25) is 40.5 Å². The molecule has 2 aliphatic rings. The first-order valence-corrected chi connectivity index (χ1v) is 40.8. The maximum absolute atomic E-state index is 13.0. The number of hydrogen-bond donors (Lipinski definition) is 2. The van der Waals surface area contributed by atoms with E-state index in [1.165, 1.54) is 109 Å². The fraction of sp³-hybridized carbons (Fsp3) is 0.243. The fourth-order valence-electron chi connectivity index (χ4n) is 10.1. The molecule has 2 aliphatic heterocycles. The van der Waals surface area contributed by atoms with E-state index in [2.05, 4.69) is 17.5 Å². The molecule has 0 aliphatic carbocycles. The van der Waals surface area contributed by atoms with E-state index in [0.29, 0.717) is 91.2 Å². The number of rotatable bonds is 14. The number of nitro groups is 4. The molecule has 9 aromatic rings. The van der Waals surface area contributed by atoms with Gasteiger partial charge in [-0.25, -0.2) is 48.0 Å². The maximum Gasteiger partial charge on any atom is 0.410 e. The normalized spacial score (nSPS) is 12.9. The van der Waals surface area contributed by atoms with Crippen molar-refractivity contribution >= 4 is 152 Å². The molecule has 27 nitrogen and oxygen atoms in total. The van der Waals surface area contributed by atoms with Gasteiger partial charge in [-0.05, 0) is 187 Å². The number of ether oxygens (including phenoxy) is 2. The lowest BCUT2D eigenvalue weighted by Crippen LogP contribution is -2.50. The standard InChI is InChI=1S/C21H24ClN3O6S.C21H26ClN3O4S.C12H7ClFNO4S.C12H7ClFNO2S.C6H3F2NO2.C2H6S/c1-21(2,3)31-20(26)24-11-9-23(10-12-24)16-7-8-19(18(14-16)25(27)28)32(29,30)17-6-4-5-15(22)13-17;1-21(2,3)29-20(26)25-11-9-24(10-12-25)16-7-8-19(18(23)14-16)30(27,28)17-6-4-5-15(22)13-17;13-8-2-1-3-10(6-8)20(18,19)12-5-4-9(14)7-11(12)15(16)17;13-8-2-1-3-10(6-8)18-12-5-4-9(14)7-11(12)15(16)17;7-4-1-2-5(8)6(3-4)9(10)11;1-2-3/h4-8,13-14H,9-12H2,1-3H3;4-8,13-14H,9-12,23H2,1-3H3;1-7H;1-7H;1-3H;3H,2H2,1H3. The van der Waals surface area contributed by atoms with E-state index in [9.17, 15) is 92.9 Å². The largest absolute Gasteiger partial charge is 0.444 e. The number of sulfone groups is 3. The number of nitrogen functional groups attached to an aromatic ring is 1. The lowest BCUT2D eigenvalue weighted by molar-refractivity contribution is -0.388. The summed E-state index contributed by atoms with van der Waals surface area (Å²) < 4.78 is 138. The monoisotopic (exact) mass is 1750 g/mol. The van der Waals surface area contributed by atoms with E-state index in [-0.39, 0.29) is 47.1 Å². The molecule has 0 atom stereocenters. The number of halogens is 8. The Balaban J connectivity index is 0.000000228. The highest BCUT2D eigenvalue weighted by atomic mass is 35.5. The van der Waals surface area contributed by atoms with Gasteiger partial charge in [-0.15, -0.1) is 0 Å². The van der Waals surface area contributed by atoms with Crippen LogP contribution >= 0.6 is 70.8 Å². The second-order valence-corrected chi connectivity index (χ2v) is 35.1. The molecule has 2 amide bonds. The maximum atomic E-state index is 13.0. The van der Waals surface area contributed by atoms with E-state index in [0.717, 1.165) is 40.6 Å². The Morgan fingerprint density at radius 1 is 0.447 bits per heavy atom. The SMILES string of the molecule is CC(C)(C)OC(=O)N1CCN(c2ccc(S(=O)(=O)c3cccc(Cl)c3)c(N)c2)CC1.CC(C)(C)OC(=O)N1CCN(c2ccc(S(=O)(=O)c3cccc(Cl)c3)c([N+](=O)[O-])c2)CC1.CCS.O=[N+]([O-])c1cc(F)ccc1F.O=[N+]([O-])c1cc(F)ccc1S(=O)(=O)c1cccc(Cl)c1.O=[N+]([O-])c1cc(F)ccc1Sc1cccc(Cl)c1. The van der Waals surface area contributed by atoms with Gasteiger partial charge in [0.05, 0.1) is 68.1 Å². The number of anilines is 3. The number of nitrogens with two attached hydrogens (primary N) is 1. The summed E-state index contributed by atoms with van der Waals surface area (Å²) in [4.78, 5) is 71.8. The van der Waals surface area contributed by atoms with Crippen LogP contribution < -0.4 is 15.5 Å². The van der Waals surface area contributed by atoms with Crippen LogP contribution in [0.4, 0.5) is 67.0 Å². The van der Waals surface area contributed by atoms with Crippen molar-refractivity contribution in [3.63, 3.8) is 0 Å². The minimum absolute atomic E-state index is 0.0425. The molecule has 2 heterocycles. The zero-order chi connectivity index (χ0) is 85.0. The van der Waals surface area contributed by atoms with Crippen molar-refractivity contribution in [3.05, 3.63) is 272 Å². The first kappa shape index (κ1) is 92.8. The van der Waals surface area contributed by atoms with Crippen LogP contribution in [0.1, 0.15) is 48.5 Å². The van der Waals surface area contributed by atoms with Crippen molar-refractivity contribution in [2.24, 2.45) is 0 Å². The van der Waals surface area contributed by atoms with Gasteiger partial charge in [-0.1, -0.05) is 89.4 Å². The average Bonchev–Trinajstić information content (AvgIpc) is 0.784. The smallest absolute Gasteiger partial charge is 0.410 e. The summed E-state index contributed by atoms with van der Waals surface area (Å²) in [5.41, 5.74) is 4.03. The summed E-state index contributed by atoms with van der Waals surface area (Å²) >= 11 is 28.3. The van der Waals surface area contributed by atoms with E-state index in [1.807, 2.05) is 32.6 Å². The number of thiol groups is 1. The summed E-state index contributed by atoms with van der Waals surface area (Å²) in [6.45, 7) is 16.7. The molecule has 608 valence electrons. The van der Waals surface area contributed by atoms with Gasteiger partial charge < -0.3 is 34.8 Å². The molecule has 2 N–H and O–H groups in total. The average molecular weight is 1750 g/mol. The van der Waals surface area contributed by atoms with Gasteiger partial charge in [0.15, 0.2) is 0 Å². The zero-order valence-corrected chi connectivity index (χ0v) is 68.6. The van der Waals surface area contributed by atoms with Crippen molar-refractivity contribution in [2.75, 3.05) is 73.6 Å². The highest BCUT2D eigenvalue weighted by Crippen LogP contribution is 2.39. The van der Waals surface area contributed by atoms with E-state index in [4.69, 9.17) is 61.6 Å². The number of nitrogens with zero attached hydrogens (tertiary/aromatic N) is 8. The Hall–Kier alpha value is -10.1. The van der Waals surface area contributed by atoms with Crippen LogP contribution in [0.2, 0.25) is 20.1 Å². The van der Waals surface area contributed by atoms with Gasteiger partial charge in [-0.2, -0.15) is 17.0 Å². The molecule has 0 bridgehead atoms. The molecule has 0 unspecified atom stereocenters. The molecular weight excluding hydrogens is 1680 g/mol. The lowest BCUT2D eigenvalue weighted by Gasteiger charge is -2.36. The molecule has 114 heavy (non-hydrogen) atoms. The predicted octanol–water partition coefficient (Wildman–Crippen LogP) is 18.5. The summed E-state index contributed by atoms with van der Waals surface area (Å²) in [6, 6.07) is 40.7. The molecule has 0 radical (unpaired) electrons. The van der Waals surface area contributed by atoms with Gasteiger partial charge in [0.2, 0.25) is 35.3 Å². The van der Waals surface area contributed by atoms with E-state index < -0.39 is 117 Å². The lowest BCUT2D eigenvalue weighted by atomic mass is 10.2. The van der Waals surface area contributed by atoms with Crippen LogP contribution in [0.3, 0.4) is 0 Å². The Morgan fingerprint density at radius 3 is 1.14 bits per heavy atom. The summed E-state index contributed by atoms with van der Waals surface area (Å²) in [5, 5.41) is 44.7. The van der Waals surface area contributed by atoms with Crippen LogP contribution in [-0.2, 0) is 39.0 Å². The summed E-state index contributed by atoms with van der Waals surface area (Å²) in [6.07, 6.45) is -0.740. The Kier molecular flexibility index (Phi) is 33.2. The molecule has 2 saturated heterocycles. The second kappa shape index (κ2) is 40.8. The molecule has 2 fully saturated rings. The molecule has 11 rings (SSSR count). The Labute approximate surface area is 683 Å². The molecule has 0 aromatic heterocycles. The highest BCUT2D eigenvalue weighted by Gasteiger charge is 2.34. The Morgan fingerprint density at radius 2 is 0.772 bits per heavy atom. The van der Waals surface area contributed by atoms with Gasteiger partial charge in [0.25, 0.3) is 17.1 Å². The van der Waals surface area contributed by atoms with Crippen molar-refractivity contribution in [1.82, 2.24) is 9.80 Å². The number of amides is 2. The number of hydrogen-bond acceptors (Lipinski definition) is 23. The third kappa shape index (κ3) is 26.8. The number of nitro benzene ring substituents is 4. The molecule has 40 heteroatoms. The van der Waals surface area contributed by atoms with E-state index in [1.54, 1.807) is 79.1 Å². The summed E-state index contributed by atoms with van der Waals surface area (Å²) in [5.74, 6) is -2.42. The highest BCUT2D eigenvalue weighted by molar-refractivity contribution is 7.99. The minimum atomic E-state index is -4.15. The molecule has 9 aromatic carbocycles. The predicted molar refractivity (Wildman–Crippen MR) is 429 cm³/mol. The van der Waals surface area contributed by atoms with Crippen LogP contribution in [-0.4, -0.2) is 136 Å². The molecule has 0 saturated carbocycles. The fourth-order valence-corrected chi connectivity index (χ4v) is 16.4. The molecule has 0 spiro atoms. The van der Waals surface area contributed by atoms with Crippen LogP contribution in [0.25, 0.3) is 0 Å². The van der Waals surface area contributed by atoms with E-state index >= 15 is 0 Å². The third-order valence-electron chi connectivity index (χ3n) is 15.3. The number of carbonyl (C=O) groups is 2. The Bertz CT molecular complexity index is 5380. The van der Waals surface area contributed by atoms with Crippen molar-refractivity contribution in [2.45, 2.75) is 98.8 Å². The van der Waals surface area contributed by atoms with Gasteiger partial charge >= 0.3 is 17.9 Å². The van der Waals surface area contributed by atoms with Crippen molar-refractivity contribution in [3.8, 4) is 0 Å². The quantitative estimate of drug-likeness (QED) is 0.0255. The first-order chi connectivity index (χ1) is 53.3. The number of carbonyl (C=O) groups excluding carboxylic acids is 2. The molecular formula is C74H73Cl4F4N9O18S5. The minimum Gasteiger partial charge on any atom is -0.444 e. The van der Waals surface area contributed by atoms with Crippen LogP contribution in [0.5, 0.6) is 0 Å². The topological polar surface area (TPSA) is 367 Å².